The Balaban J connectivity index is 1.68. The molecule has 1 saturated heterocycles. The fourth-order valence-electron chi connectivity index (χ4n) is 2.93. The van der Waals surface area contributed by atoms with E-state index >= 15 is 0 Å². The van der Waals surface area contributed by atoms with E-state index in [2.05, 4.69) is 10.6 Å². The van der Waals surface area contributed by atoms with Crippen molar-refractivity contribution in [2.75, 3.05) is 36.9 Å². The number of para-hydroxylation sites is 1. The summed E-state index contributed by atoms with van der Waals surface area (Å²) in [6, 6.07) is 12.6. The predicted octanol–water partition coefficient (Wildman–Crippen LogP) is 3.13. The van der Waals surface area contributed by atoms with E-state index in [-0.39, 0.29) is 4.90 Å². The molecule has 27 heavy (non-hydrogen) atoms. The van der Waals surface area contributed by atoms with Gasteiger partial charge >= 0.3 is 0 Å². The van der Waals surface area contributed by atoms with Gasteiger partial charge in [0.05, 0.1) is 18.1 Å². The van der Waals surface area contributed by atoms with Gasteiger partial charge in [-0.3, -0.25) is 0 Å². The van der Waals surface area contributed by atoms with Crippen LogP contribution in [-0.2, 0) is 14.8 Å². The van der Waals surface area contributed by atoms with Crippen molar-refractivity contribution in [3.63, 3.8) is 0 Å². The molecule has 0 spiro atoms. The lowest BCUT2D eigenvalue weighted by atomic mass is 10.1. The van der Waals surface area contributed by atoms with Crippen molar-refractivity contribution in [1.82, 2.24) is 4.31 Å². The van der Waals surface area contributed by atoms with Crippen molar-refractivity contribution < 1.29 is 13.2 Å². The number of anilines is 2. The summed E-state index contributed by atoms with van der Waals surface area (Å²) in [5.41, 5.74) is 3.90. The standard InChI is InChI=1S/C19H23N3O3S2/c1-14-4-3-5-15(2)18(14)21-19(26)20-16-6-8-17(9-7-16)27(23,24)22-10-12-25-13-11-22/h3-9H,10-13H2,1-2H3,(H2,20,21,26). The number of benzene rings is 2. The number of sulfonamides is 1. The van der Waals surface area contributed by atoms with Crippen molar-refractivity contribution in [2.24, 2.45) is 0 Å². The molecule has 0 aromatic heterocycles. The highest BCUT2D eigenvalue weighted by Gasteiger charge is 2.26. The number of rotatable bonds is 4. The Morgan fingerprint density at radius 3 is 2.19 bits per heavy atom. The SMILES string of the molecule is Cc1cccc(C)c1NC(=S)Nc1ccc(S(=O)(=O)N2CCOCC2)cc1. The minimum Gasteiger partial charge on any atom is -0.379 e. The Hall–Kier alpha value is -2.00. The second-order valence-corrected chi connectivity index (χ2v) is 8.73. The first-order valence-corrected chi connectivity index (χ1v) is 10.5. The van der Waals surface area contributed by atoms with Gasteiger partial charge < -0.3 is 15.4 Å². The zero-order valence-corrected chi connectivity index (χ0v) is 17.0. The van der Waals surface area contributed by atoms with E-state index < -0.39 is 10.0 Å². The van der Waals surface area contributed by atoms with Crippen LogP contribution in [-0.4, -0.2) is 44.1 Å². The summed E-state index contributed by atoms with van der Waals surface area (Å²) in [4.78, 5) is 0.267. The average Bonchev–Trinajstić information content (AvgIpc) is 2.66. The molecule has 2 aromatic carbocycles. The molecule has 0 bridgehead atoms. The molecule has 144 valence electrons. The summed E-state index contributed by atoms with van der Waals surface area (Å²) < 4.78 is 32.0. The van der Waals surface area contributed by atoms with Crippen molar-refractivity contribution >= 4 is 38.7 Å². The maximum atomic E-state index is 12.6. The molecule has 2 aromatic rings. The molecular formula is C19H23N3O3S2. The normalized spacial score (nSPS) is 15.3. The summed E-state index contributed by atoms with van der Waals surface area (Å²) in [6.07, 6.45) is 0. The third-order valence-electron chi connectivity index (χ3n) is 4.44. The van der Waals surface area contributed by atoms with E-state index in [1.165, 1.54) is 4.31 Å². The van der Waals surface area contributed by atoms with Crippen LogP contribution in [0.2, 0.25) is 0 Å². The highest BCUT2D eigenvalue weighted by atomic mass is 32.2. The van der Waals surface area contributed by atoms with Gasteiger partial charge in [0.1, 0.15) is 0 Å². The molecule has 1 heterocycles. The smallest absolute Gasteiger partial charge is 0.243 e. The lowest BCUT2D eigenvalue weighted by Gasteiger charge is -2.26. The van der Waals surface area contributed by atoms with Gasteiger partial charge in [-0.1, -0.05) is 18.2 Å². The van der Waals surface area contributed by atoms with E-state index in [4.69, 9.17) is 17.0 Å². The average molecular weight is 406 g/mol. The second-order valence-electron chi connectivity index (χ2n) is 6.39. The lowest BCUT2D eigenvalue weighted by Crippen LogP contribution is -2.40. The van der Waals surface area contributed by atoms with Crippen LogP contribution in [0.1, 0.15) is 11.1 Å². The number of aryl methyl sites for hydroxylation is 2. The largest absolute Gasteiger partial charge is 0.379 e. The summed E-state index contributed by atoms with van der Waals surface area (Å²) in [5, 5.41) is 6.75. The van der Waals surface area contributed by atoms with Gasteiger partial charge in [-0.2, -0.15) is 4.31 Å². The minimum absolute atomic E-state index is 0.267. The van der Waals surface area contributed by atoms with Crippen LogP contribution in [0.25, 0.3) is 0 Å². The Labute approximate surface area is 165 Å². The fourth-order valence-corrected chi connectivity index (χ4v) is 4.56. The highest BCUT2D eigenvalue weighted by Crippen LogP contribution is 2.21. The van der Waals surface area contributed by atoms with Crippen molar-refractivity contribution in [3.05, 3.63) is 53.6 Å². The van der Waals surface area contributed by atoms with E-state index in [0.717, 1.165) is 22.5 Å². The monoisotopic (exact) mass is 405 g/mol. The van der Waals surface area contributed by atoms with Gasteiger partial charge in [0.15, 0.2) is 5.11 Å². The van der Waals surface area contributed by atoms with Gasteiger partial charge in [-0.05, 0) is 61.5 Å². The number of thiocarbonyl (C=S) groups is 1. The molecule has 0 radical (unpaired) electrons. The number of ether oxygens (including phenoxy) is 1. The molecule has 8 heteroatoms. The minimum atomic E-state index is -3.49. The van der Waals surface area contributed by atoms with E-state index in [1.807, 2.05) is 32.0 Å². The molecule has 1 aliphatic heterocycles. The molecule has 0 atom stereocenters. The van der Waals surface area contributed by atoms with Crippen LogP contribution < -0.4 is 10.6 Å². The maximum Gasteiger partial charge on any atom is 0.243 e. The first-order valence-electron chi connectivity index (χ1n) is 8.70. The van der Waals surface area contributed by atoms with E-state index in [0.29, 0.717) is 31.4 Å². The summed E-state index contributed by atoms with van der Waals surface area (Å²) in [6.45, 7) is 5.65. The summed E-state index contributed by atoms with van der Waals surface area (Å²) in [7, 11) is -3.49. The summed E-state index contributed by atoms with van der Waals surface area (Å²) >= 11 is 5.38. The Morgan fingerprint density at radius 1 is 1.00 bits per heavy atom. The van der Waals surface area contributed by atoms with E-state index in [1.54, 1.807) is 24.3 Å². The fraction of sp³-hybridized carbons (Fsp3) is 0.316. The molecule has 0 aliphatic carbocycles. The third-order valence-corrected chi connectivity index (χ3v) is 6.56. The molecule has 2 N–H and O–H groups in total. The first-order chi connectivity index (χ1) is 12.9. The quantitative estimate of drug-likeness (QED) is 0.762. The van der Waals surface area contributed by atoms with Crippen molar-refractivity contribution in [3.8, 4) is 0 Å². The maximum absolute atomic E-state index is 12.6. The Bertz CT molecular complexity index is 901. The van der Waals surface area contributed by atoms with Gasteiger partial charge in [-0.25, -0.2) is 8.42 Å². The highest BCUT2D eigenvalue weighted by molar-refractivity contribution is 7.89. The van der Waals surface area contributed by atoms with Crippen LogP contribution in [0.3, 0.4) is 0 Å². The molecule has 3 rings (SSSR count). The lowest BCUT2D eigenvalue weighted by molar-refractivity contribution is 0.0730. The number of nitrogens with zero attached hydrogens (tertiary/aromatic N) is 1. The molecule has 0 amide bonds. The van der Waals surface area contributed by atoms with E-state index in [9.17, 15) is 8.42 Å². The number of morpholine rings is 1. The molecular weight excluding hydrogens is 382 g/mol. The van der Waals surface area contributed by atoms with Gasteiger partial charge in [0, 0.05) is 24.5 Å². The zero-order valence-electron chi connectivity index (χ0n) is 15.4. The van der Waals surface area contributed by atoms with Crippen LogP contribution in [0.4, 0.5) is 11.4 Å². The Kier molecular flexibility index (Phi) is 6.11. The number of nitrogens with one attached hydrogen (secondary N) is 2. The van der Waals surface area contributed by atoms with Crippen LogP contribution >= 0.6 is 12.2 Å². The Morgan fingerprint density at radius 2 is 1.59 bits per heavy atom. The molecule has 0 unspecified atom stereocenters. The van der Waals surface area contributed by atoms with Crippen LogP contribution in [0, 0.1) is 13.8 Å². The molecule has 0 saturated carbocycles. The van der Waals surface area contributed by atoms with Crippen LogP contribution in [0.15, 0.2) is 47.4 Å². The topological polar surface area (TPSA) is 70.7 Å². The van der Waals surface area contributed by atoms with Gasteiger partial charge in [0.2, 0.25) is 10.0 Å². The van der Waals surface area contributed by atoms with Gasteiger partial charge in [-0.15, -0.1) is 0 Å². The third kappa shape index (κ3) is 4.65. The molecule has 1 aliphatic rings. The van der Waals surface area contributed by atoms with Crippen LogP contribution in [0.5, 0.6) is 0 Å². The van der Waals surface area contributed by atoms with Crippen molar-refractivity contribution in [2.45, 2.75) is 18.7 Å². The summed E-state index contributed by atoms with van der Waals surface area (Å²) in [5.74, 6) is 0. The number of hydrogen-bond acceptors (Lipinski definition) is 4. The predicted molar refractivity (Wildman–Crippen MR) is 112 cm³/mol. The molecule has 6 nitrogen and oxygen atoms in total. The number of hydrogen-bond donors (Lipinski definition) is 2. The first kappa shape index (κ1) is 19.8. The van der Waals surface area contributed by atoms with Crippen molar-refractivity contribution in [1.29, 1.82) is 0 Å². The molecule has 1 fully saturated rings. The zero-order chi connectivity index (χ0) is 19.4. The second kappa shape index (κ2) is 8.35. The van der Waals surface area contributed by atoms with Gasteiger partial charge in [0.25, 0.3) is 0 Å².